The number of rotatable bonds is 5. The number of morpholine rings is 1. The average molecular weight is 411 g/mol. The van der Waals surface area contributed by atoms with Gasteiger partial charge in [0.2, 0.25) is 10.0 Å². The third-order valence-corrected chi connectivity index (χ3v) is 6.19. The second-order valence-electron chi connectivity index (χ2n) is 5.23. The number of esters is 1. The van der Waals surface area contributed by atoms with E-state index in [0.717, 1.165) is 12.1 Å². The Bertz CT molecular complexity index is 793. The zero-order valence-electron chi connectivity index (χ0n) is 13.2. The highest BCUT2D eigenvalue weighted by Crippen LogP contribution is 2.31. The number of carbonyl (C=O) groups excluding carboxylic acids is 2. The number of hydrogen-bond donors (Lipinski definition) is 1. The minimum Gasteiger partial charge on any atom is -0.449 e. The summed E-state index contributed by atoms with van der Waals surface area (Å²) >= 11 is 12.0. The van der Waals surface area contributed by atoms with Gasteiger partial charge in [-0.2, -0.15) is 4.31 Å². The van der Waals surface area contributed by atoms with E-state index in [1.807, 2.05) is 0 Å². The summed E-state index contributed by atoms with van der Waals surface area (Å²) in [6.45, 7) is 2.14. The molecule has 0 bridgehead atoms. The number of amides is 1. The van der Waals surface area contributed by atoms with E-state index in [1.165, 1.54) is 11.2 Å². The van der Waals surface area contributed by atoms with Crippen molar-refractivity contribution in [3.8, 4) is 0 Å². The van der Waals surface area contributed by atoms with Gasteiger partial charge in [0.1, 0.15) is 4.90 Å². The summed E-state index contributed by atoms with van der Waals surface area (Å²) in [6.07, 6.45) is -1.20. The van der Waals surface area contributed by atoms with E-state index in [2.05, 4.69) is 0 Å². The summed E-state index contributed by atoms with van der Waals surface area (Å²) in [5.74, 6) is -1.83. The molecule has 0 radical (unpaired) electrons. The van der Waals surface area contributed by atoms with Crippen molar-refractivity contribution in [3.05, 3.63) is 27.7 Å². The van der Waals surface area contributed by atoms with Crippen molar-refractivity contribution < 1.29 is 27.5 Å². The first kappa shape index (κ1) is 19.9. The minimum absolute atomic E-state index is 0.104. The lowest BCUT2D eigenvalue weighted by atomic mass is 10.2. The third kappa shape index (κ3) is 4.42. The lowest BCUT2D eigenvalue weighted by Crippen LogP contribution is -2.40. The van der Waals surface area contributed by atoms with E-state index in [-0.39, 0.29) is 46.8 Å². The molecule has 25 heavy (non-hydrogen) atoms. The van der Waals surface area contributed by atoms with Crippen LogP contribution in [0.2, 0.25) is 10.0 Å². The first-order valence-electron chi connectivity index (χ1n) is 7.22. The van der Waals surface area contributed by atoms with Crippen molar-refractivity contribution >= 4 is 45.1 Å². The fourth-order valence-corrected chi connectivity index (χ4v) is 4.32. The van der Waals surface area contributed by atoms with Crippen molar-refractivity contribution in [2.24, 2.45) is 5.73 Å². The number of primary amides is 1. The molecule has 1 unspecified atom stereocenters. The Hall–Kier alpha value is -1.39. The number of hydrogen-bond acceptors (Lipinski definition) is 6. The van der Waals surface area contributed by atoms with Gasteiger partial charge in [-0.3, -0.25) is 4.79 Å². The Morgan fingerprint density at radius 2 is 1.84 bits per heavy atom. The highest BCUT2D eigenvalue weighted by Gasteiger charge is 2.30. The van der Waals surface area contributed by atoms with Gasteiger partial charge in [0.25, 0.3) is 5.91 Å². The molecule has 1 aromatic carbocycles. The van der Waals surface area contributed by atoms with Crippen LogP contribution >= 0.6 is 23.2 Å². The maximum absolute atomic E-state index is 12.7. The van der Waals surface area contributed by atoms with E-state index < -0.39 is 28.0 Å². The van der Waals surface area contributed by atoms with Crippen LogP contribution < -0.4 is 5.73 Å². The molecule has 1 amide bonds. The molecule has 1 fully saturated rings. The van der Waals surface area contributed by atoms with Crippen molar-refractivity contribution in [2.45, 2.75) is 17.9 Å². The van der Waals surface area contributed by atoms with E-state index in [9.17, 15) is 18.0 Å². The number of halogens is 2. The van der Waals surface area contributed by atoms with Crippen LogP contribution in [0.3, 0.4) is 0 Å². The largest absolute Gasteiger partial charge is 0.449 e. The molecule has 0 saturated carbocycles. The highest BCUT2D eigenvalue weighted by atomic mass is 35.5. The van der Waals surface area contributed by atoms with Gasteiger partial charge in [-0.25, -0.2) is 13.2 Å². The van der Waals surface area contributed by atoms with Gasteiger partial charge >= 0.3 is 5.97 Å². The normalized spacial score (nSPS) is 17.1. The fraction of sp³-hybridized carbons (Fsp3) is 0.429. The number of ether oxygens (including phenoxy) is 2. The molecular weight excluding hydrogens is 395 g/mol. The quantitative estimate of drug-likeness (QED) is 0.724. The molecule has 2 rings (SSSR count). The Kier molecular flexibility index (Phi) is 6.28. The Balaban J connectivity index is 2.40. The molecule has 0 aromatic heterocycles. The topological polar surface area (TPSA) is 116 Å². The fourth-order valence-electron chi connectivity index (χ4n) is 2.09. The summed E-state index contributed by atoms with van der Waals surface area (Å²) in [4.78, 5) is 22.9. The molecule has 1 aliphatic heterocycles. The van der Waals surface area contributed by atoms with E-state index in [1.54, 1.807) is 0 Å². The summed E-state index contributed by atoms with van der Waals surface area (Å²) in [7, 11) is -3.95. The van der Waals surface area contributed by atoms with Gasteiger partial charge in [0.15, 0.2) is 6.10 Å². The van der Waals surface area contributed by atoms with Crippen LogP contribution in [0.15, 0.2) is 17.0 Å². The molecule has 0 aliphatic carbocycles. The van der Waals surface area contributed by atoms with Crippen LogP contribution in [0.1, 0.15) is 17.3 Å². The second kappa shape index (κ2) is 7.88. The number of sulfonamides is 1. The molecule has 1 aliphatic rings. The maximum Gasteiger partial charge on any atom is 0.340 e. The summed E-state index contributed by atoms with van der Waals surface area (Å²) in [6, 6.07) is 2.17. The van der Waals surface area contributed by atoms with Crippen LogP contribution in [0.4, 0.5) is 0 Å². The van der Waals surface area contributed by atoms with Gasteiger partial charge in [0.05, 0.1) is 28.8 Å². The van der Waals surface area contributed by atoms with Gasteiger partial charge in [0, 0.05) is 13.1 Å². The van der Waals surface area contributed by atoms with Crippen molar-refractivity contribution in [1.82, 2.24) is 4.31 Å². The van der Waals surface area contributed by atoms with Crippen LogP contribution in [-0.2, 0) is 24.3 Å². The molecular formula is C14H16Cl2N2O6S. The molecule has 8 nitrogen and oxygen atoms in total. The lowest BCUT2D eigenvalue weighted by molar-refractivity contribution is -0.125. The molecule has 138 valence electrons. The van der Waals surface area contributed by atoms with Gasteiger partial charge in [-0.1, -0.05) is 23.2 Å². The van der Waals surface area contributed by atoms with E-state index >= 15 is 0 Å². The Labute approximate surface area is 154 Å². The first-order valence-corrected chi connectivity index (χ1v) is 9.41. The smallest absolute Gasteiger partial charge is 0.340 e. The molecule has 1 saturated heterocycles. The minimum atomic E-state index is -3.95. The van der Waals surface area contributed by atoms with Gasteiger partial charge in [-0.05, 0) is 19.1 Å². The SMILES string of the molecule is CC(OC(=O)c1cc(S(=O)(=O)N2CCOCC2)c(Cl)cc1Cl)C(N)=O. The molecule has 11 heteroatoms. The predicted octanol–water partition coefficient (Wildman–Crippen LogP) is 1.04. The maximum atomic E-state index is 12.7. The van der Waals surface area contributed by atoms with E-state index in [4.69, 9.17) is 38.4 Å². The summed E-state index contributed by atoms with van der Waals surface area (Å²) in [5, 5.41) is -0.233. The zero-order chi connectivity index (χ0) is 18.8. The average Bonchev–Trinajstić information content (AvgIpc) is 2.55. The number of carbonyl (C=O) groups is 2. The monoisotopic (exact) mass is 410 g/mol. The molecule has 1 heterocycles. The van der Waals surface area contributed by atoms with Crippen LogP contribution in [0, 0.1) is 0 Å². The number of nitrogens with zero attached hydrogens (tertiary/aromatic N) is 1. The van der Waals surface area contributed by atoms with Crippen molar-refractivity contribution in [3.63, 3.8) is 0 Å². The first-order chi connectivity index (χ1) is 11.6. The van der Waals surface area contributed by atoms with Crippen LogP contribution in [0.5, 0.6) is 0 Å². The van der Waals surface area contributed by atoms with Gasteiger partial charge in [-0.15, -0.1) is 0 Å². The molecule has 0 spiro atoms. The molecule has 1 atom stereocenters. The summed E-state index contributed by atoms with van der Waals surface area (Å²) < 4.78 is 36.7. The standard InChI is InChI=1S/C14H16Cl2N2O6S/c1-8(13(17)19)24-14(20)9-6-12(11(16)7-10(9)15)25(21,22)18-2-4-23-5-3-18/h6-8H,2-5H2,1H3,(H2,17,19). The summed E-state index contributed by atoms with van der Waals surface area (Å²) in [5.41, 5.74) is 4.81. The highest BCUT2D eigenvalue weighted by molar-refractivity contribution is 7.89. The Morgan fingerprint density at radius 1 is 1.24 bits per heavy atom. The number of nitrogens with two attached hydrogens (primary N) is 1. The van der Waals surface area contributed by atoms with E-state index in [0.29, 0.717) is 0 Å². The van der Waals surface area contributed by atoms with Crippen molar-refractivity contribution in [1.29, 1.82) is 0 Å². The molecule has 1 aromatic rings. The van der Waals surface area contributed by atoms with Crippen LogP contribution in [-0.4, -0.2) is 57.0 Å². The predicted molar refractivity (Wildman–Crippen MR) is 90.1 cm³/mol. The van der Waals surface area contributed by atoms with Crippen molar-refractivity contribution in [2.75, 3.05) is 26.3 Å². The third-order valence-electron chi connectivity index (χ3n) is 3.51. The van der Waals surface area contributed by atoms with Gasteiger partial charge < -0.3 is 15.2 Å². The second-order valence-corrected chi connectivity index (χ2v) is 7.95. The van der Waals surface area contributed by atoms with Crippen LogP contribution in [0.25, 0.3) is 0 Å². The number of benzene rings is 1. The Morgan fingerprint density at radius 3 is 2.40 bits per heavy atom. The zero-order valence-corrected chi connectivity index (χ0v) is 15.5. The lowest BCUT2D eigenvalue weighted by Gasteiger charge is -2.26. The molecule has 2 N–H and O–H groups in total.